The van der Waals surface area contributed by atoms with Crippen LogP contribution in [0.3, 0.4) is 0 Å². The SMILES string of the molecule is COCC(CCl)NS(=O)(=O)c1ccc(C)cc1C. The van der Waals surface area contributed by atoms with Crippen molar-refractivity contribution in [2.24, 2.45) is 0 Å². The lowest BCUT2D eigenvalue weighted by Gasteiger charge is -2.16. The molecule has 0 fully saturated rings. The minimum absolute atomic E-state index is 0.165. The molecule has 0 radical (unpaired) electrons. The number of ether oxygens (including phenoxy) is 1. The number of nitrogens with one attached hydrogen (secondary N) is 1. The van der Waals surface area contributed by atoms with Gasteiger partial charge in [-0.15, -0.1) is 11.6 Å². The normalized spacial score (nSPS) is 13.6. The zero-order valence-corrected chi connectivity index (χ0v) is 12.3. The Kier molecular flexibility index (Phi) is 5.59. The maximum absolute atomic E-state index is 12.2. The topological polar surface area (TPSA) is 55.4 Å². The minimum Gasteiger partial charge on any atom is -0.383 e. The summed E-state index contributed by atoms with van der Waals surface area (Å²) >= 11 is 5.70. The Morgan fingerprint density at radius 2 is 2.06 bits per heavy atom. The van der Waals surface area contributed by atoms with E-state index >= 15 is 0 Å². The molecule has 0 aliphatic rings. The van der Waals surface area contributed by atoms with Crippen LogP contribution in [0.2, 0.25) is 0 Å². The molecule has 18 heavy (non-hydrogen) atoms. The molecule has 0 heterocycles. The van der Waals surface area contributed by atoms with Gasteiger partial charge in [-0.05, 0) is 25.5 Å². The van der Waals surface area contributed by atoms with Crippen molar-refractivity contribution in [1.82, 2.24) is 4.72 Å². The van der Waals surface area contributed by atoms with Gasteiger partial charge in [0.25, 0.3) is 0 Å². The van der Waals surface area contributed by atoms with Crippen LogP contribution in [-0.4, -0.2) is 34.1 Å². The molecule has 0 aromatic heterocycles. The van der Waals surface area contributed by atoms with Crippen molar-refractivity contribution in [3.63, 3.8) is 0 Å². The fourth-order valence-electron chi connectivity index (χ4n) is 1.69. The lowest BCUT2D eigenvalue weighted by molar-refractivity contribution is 0.181. The number of hydrogen-bond acceptors (Lipinski definition) is 3. The molecule has 0 spiro atoms. The first-order valence-electron chi connectivity index (χ1n) is 5.55. The van der Waals surface area contributed by atoms with Crippen molar-refractivity contribution in [3.8, 4) is 0 Å². The molecule has 102 valence electrons. The lowest BCUT2D eigenvalue weighted by Crippen LogP contribution is -2.39. The molecule has 0 aliphatic carbocycles. The Morgan fingerprint density at radius 1 is 1.39 bits per heavy atom. The summed E-state index contributed by atoms with van der Waals surface area (Å²) in [5, 5.41) is 0. The van der Waals surface area contributed by atoms with Crippen LogP contribution in [0.25, 0.3) is 0 Å². The van der Waals surface area contributed by atoms with E-state index in [1.165, 1.54) is 7.11 Å². The molecule has 4 nitrogen and oxygen atoms in total. The van der Waals surface area contributed by atoms with E-state index in [0.717, 1.165) is 5.56 Å². The highest BCUT2D eigenvalue weighted by atomic mass is 35.5. The predicted octanol–water partition coefficient (Wildman–Crippen LogP) is 1.84. The molecule has 0 saturated heterocycles. The maximum Gasteiger partial charge on any atom is 0.241 e. The predicted molar refractivity (Wildman–Crippen MR) is 72.6 cm³/mol. The Morgan fingerprint density at radius 3 is 2.56 bits per heavy atom. The molecule has 1 N–H and O–H groups in total. The van der Waals surface area contributed by atoms with Crippen molar-refractivity contribution in [3.05, 3.63) is 29.3 Å². The van der Waals surface area contributed by atoms with Crippen molar-refractivity contribution in [1.29, 1.82) is 0 Å². The van der Waals surface area contributed by atoms with Crippen molar-refractivity contribution >= 4 is 21.6 Å². The fraction of sp³-hybridized carbons (Fsp3) is 0.500. The van der Waals surface area contributed by atoms with Gasteiger partial charge >= 0.3 is 0 Å². The summed E-state index contributed by atoms with van der Waals surface area (Å²) in [4.78, 5) is 0.277. The first kappa shape index (κ1) is 15.4. The first-order chi connectivity index (χ1) is 8.40. The first-order valence-corrected chi connectivity index (χ1v) is 7.57. The van der Waals surface area contributed by atoms with Gasteiger partial charge in [0.2, 0.25) is 10.0 Å². The number of sulfonamides is 1. The van der Waals surface area contributed by atoms with Gasteiger partial charge < -0.3 is 4.74 Å². The standard InChI is InChI=1S/C12H18ClNO3S/c1-9-4-5-12(10(2)6-9)18(15,16)14-11(7-13)8-17-3/h4-6,11,14H,7-8H2,1-3H3. The number of aryl methyl sites for hydroxylation is 2. The maximum atomic E-state index is 12.2. The quantitative estimate of drug-likeness (QED) is 0.814. The van der Waals surface area contributed by atoms with Crippen LogP contribution < -0.4 is 4.72 Å². The Balaban J connectivity index is 2.99. The second-order valence-corrected chi connectivity index (χ2v) is 6.19. The molecule has 0 bridgehead atoms. The van der Waals surface area contributed by atoms with Crippen LogP contribution in [0.5, 0.6) is 0 Å². The largest absolute Gasteiger partial charge is 0.383 e. The van der Waals surface area contributed by atoms with Crippen molar-refractivity contribution in [2.75, 3.05) is 19.6 Å². The van der Waals surface area contributed by atoms with Crippen LogP contribution in [0.1, 0.15) is 11.1 Å². The van der Waals surface area contributed by atoms with Gasteiger partial charge in [-0.2, -0.15) is 0 Å². The van der Waals surface area contributed by atoms with Crippen LogP contribution in [0, 0.1) is 13.8 Å². The number of benzene rings is 1. The average molecular weight is 292 g/mol. The van der Waals surface area contributed by atoms with Crippen LogP contribution in [0.4, 0.5) is 0 Å². The highest BCUT2D eigenvalue weighted by Crippen LogP contribution is 2.16. The molecule has 1 aromatic rings. The highest BCUT2D eigenvalue weighted by molar-refractivity contribution is 7.89. The van der Waals surface area contributed by atoms with Gasteiger partial charge in [-0.1, -0.05) is 17.7 Å². The summed E-state index contributed by atoms with van der Waals surface area (Å²) in [5.41, 5.74) is 1.74. The summed E-state index contributed by atoms with van der Waals surface area (Å²) in [6.07, 6.45) is 0. The Hall–Kier alpha value is -0.620. The number of halogens is 1. The van der Waals surface area contributed by atoms with Gasteiger partial charge in [-0.3, -0.25) is 0 Å². The Labute approximate surface area is 113 Å². The van der Waals surface area contributed by atoms with Crippen LogP contribution >= 0.6 is 11.6 Å². The second-order valence-electron chi connectivity index (χ2n) is 4.20. The third-order valence-corrected chi connectivity index (χ3v) is 4.55. The van der Waals surface area contributed by atoms with Gasteiger partial charge in [-0.25, -0.2) is 13.1 Å². The van der Waals surface area contributed by atoms with Crippen molar-refractivity contribution in [2.45, 2.75) is 24.8 Å². The molecule has 1 atom stereocenters. The molecule has 1 rings (SSSR count). The van der Waals surface area contributed by atoms with Gasteiger partial charge in [0.05, 0.1) is 17.5 Å². The van der Waals surface area contributed by atoms with E-state index in [0.29, 0.717) is 5.56 Å². The van der Waals surface area contributed by atoms with Gasteiger partial charge in [0, 0.05) is 13.0 Å². The molecule has 1 aromatic carbocycles. The number of alkyl halides is 1. The third kappa shape index (κ3) is 3.95. The summed E-state index contributed by atoms with van der Waals surface area (Å²) in [6, 6.07) is 4.78. The summed E-state index contributed by atoms with van der Waals surface area (Å²) in [6.45, 7) is 3.94. The van der Waals surface area contributed by atoms with Gasteiger partial charge in [0.15, 0.2) is 0 Å². The molecule has 1 unspecified atom stereocenters. The van der Waals surface area contributed by atoms with E-state index < -0.39 is 16.1 Å². The smallest absolute Gasteiger partial charge is 0.241 e. The average Bonchev–Trinajstić information content (AvgIpc) is 2.27. The number of methoxy groups -OCH3 is 1. The molecule has 0 saturated carbocycles. The molecule has 0 aliphatic heterocycles. The van der Waals surface area contributed by atoms with E-state index in [1.807, 2.05) is 13.0 Å². The number of hydrogen-bond donors (Lipinski definition) is 1. The molecule has 0 amide bonds. The van der Waals surface area contributed by atoms with E-state index in [9.17, 15) is 8.42 Å². The molecular formula is C12H18ClNO3S. The Bertz CT molecular complexity index is 502. The lowest BCUT2D eigenvalue weighted by atomic mass is 10.2. The van der Waals surface area contributed by atoms with Crippen molar-refractivity contribution < 1.29 is 13.2 Å². The zero-order valence-electron chi connectivity index (χ0n) is 10.7. The summed E-state index contributed by atoms with van der Waals surface area (Å²) in [7, 11) is -2.05. The summed E-state index contributed by atoms with van der Waals surface area (Å²) in [5.74, 6) is 0.165. The van der Waals surface area contributed by atoms with E-state index in [2.05, 4.69) is 4.72 Å². The fourth-order valence-corrected chi connectivity index (χ4v) is 3.40. The second kappa shape index (κ2) is 6.52. The third-order valence-electron chi connectivity index (χ3n) is 2.50. The van der Waals surface area contributed by atoms with E-state index in [1.54, 1.807) is 19.1 Å². The molecule has 6 heteroatoms. The highest BCUT2D eigenvalue weighted by Gasteiger charge is 2.21. The minimum atomic E-state index is -3.56. The van der Waals surface area contributed by atoms with Gasteiger partial charge in [0.1, 0.15) is 0 Å². The monoisotopic (exact) mass is 291 g/mol. The van der Waals surface area contributed by atoms with E-state index in [-0.39, 0.29) is 17.4 Å². The van der Waals surface area contributed by atoms with Crippen LogP contribution in [-0.2, 0) is 14.8 Å². The zero-order chi connectivity index (χ0) is 13.8. The molecular weight excluding hydrogens is 274 g/mol. The van der Waals surface area contributed by atoms with E-state index in [4.69, 9.17) is 16.3 Å². The van der Waals surface area contributed by atoms with Crippen LogP contribution in [0.15, 0.2) is 23.1 Å². The number of rotatable bonds is 6. The summed E-state index contributed by atoms with van der Waals surface area (Å²) < 4.78 is 31.8.